The van der Waals surface area contributed by atoms with Gasteiger partial charge in [-0.1, -0.05) is 31.2 Å². The molecule has 142 valence electrons. The Labute approximate surface area is 160 Å². The first-order valence-corrected chi connectivity index (χ1v) is 10.5. The Morgan fingerprint density at radius 2 is 1.93 bits per heavy atom. The molecule has 0 aliphatic carbocycles. The molecule has 0 saturated carbocycles. The number of sulfonamides is 1. The van der Waals surface area contributed by atoms with Crippen LogP contribution in [0.4, 0.5) is 11.4 Å². The van der Waals surface area contributed by atoms with Gasteiger partial charge in [-0.25, -0.2) is 8.42 Å². The van der Waals surface area contributed by atoms with Crippen LogP contribution in [0.2, 0.25) is 0 Å². The smallest absolute Gasteiger partial charge is 0.232 e. The maximum Gasteiger partial charge on any atom is 0.232 e. The molecule has 1 amide bonds. The van der Waals surface area contributed by atoms with Crippen LogP contribution in [0, 0.1) is 18.3 Å². The summed E-state index contributed by atoms with van der Waals surface area (Å²) in [5.74, 6) is -0.314. The molecule has 0 aromatic heterocycles. The number of hydrogen-bond donors (Lipinski definition) is 1. The Morgan fingerprint density at radius 3 is 2.56 bits per heavy atom. The molecule has 0 radical (unpaired) electrons. The molecule has 0 aliphatic heterocycles. The summed E-state index contributed by atoms with van der Waals surface area (Å²) in [7, 11) is -3.54. The molecule has 2 aromatic rings. The van der Waals surface area contributed by atoms with Crippen molar-refractivity contribution in [3.05, 3.63) is 59.2 Å². The highest BCUT2D eigenvalue weighted by molar-refractivity contribution is 7.92. The number of nitriles is 1. The second-order valence-corrected chi connectivity index (χ2v) is 8.17. The molecule has 0 heterocycles. The number of aryl methyl sites for hydroxylation is 2. The standard InChI is InChI=1S/C20H23N3O3S/c1-4-17-9-5-7-15(2)20(17)23(27(3,25)26)12-11-19(24)22-18-10-6-8-16(13-18)14-21/h5-10,13H,4,11-12H2,1-3H3,(H,22,24). The largest absolute Gasteiger partial charge is 0.326 e. The fourth-order valence-corrected chi connectivity index (χ4v) is 3.91. The fraction of sp³-hybridized carbons (Fsp3) is 0.300. The molecular weight excluding hydrogens is 362 g/mol. The molecule has 6 nitrogen and oxygen atoms in total. The Hall–Kier alpha value is -2.85. The molecular formula is C20H23N3O3S. The average molecular weight is 385 g/mol. The van der Waals surface area contributed by atoms with Gasteiger partial charge in [0.15, 0.2) is 0 Å². The van der Waals surface area contributed by atoms with Gasteiger partial charge in [0.1, 0.15) is 0 Å². The van der Waals surface area contributed by atoms with Crippen LogP contribution < -0.4 is 9.62 Å². The van der Waals surface area contributed by atoms with Crippen molar-refractivity contribution in [3.8, 4) is 6.07 Å². The maximum atomic E-state index is 12.4. The second-order valence-electron chi connectivity index (χ2n) is 6.26. The lowest BCUT2D eigenvalue weighted by Gasteiger charge is -2.26. The van der Waals surface area contributed by atoms with Crippen molar-refractivity contribution in [3.63, 3.8) is 0 Å². The first kappa shape index (κ1) is 20.5. The van der Waals surface area contributed by atoms with Crippen molar-refractivity contribution in [1.29, 1.82) is 5.26 Å². The minimum absolute atomic E-state index is 0.00133. The topological polar surface area (TPSA) is 90.3 Å². The van der Waals surface area contributed by atoms with Crippen LogP contribution in [-0.4, -0.2) is 27.1 Å². The Kier molecular flexibility index (Phi) is 6.59. The van der Waals surface area contributed by atoms with Crippen LogP contribution in [0.1, 0.15) is 30.0 Å². The van der Waals surface area contributed by atoms with Gasteiger partial charge in [0, 0.05) is 18.7 Å². The normalized spacial score (nSPS) is 10.9. The first-order valence-electron chi connectivity index (χ1n) is 8.62. The Balaban J connectivity index is 2.19. The van der Waals surface area contributed by atoms with E-state index in [0.29, 0.717) is 23.4 Å². The van der Waals surface area contributed by atoms with Crippen LogP contribution in [0.5, 0.6) is 0 Å². The second kappa shape index (κ2) is 8.69. The third-order valence-electron chi connectivity index (χ3n) is 4.17. The minimum atomic E-state index is -3.54. The number of nitrogens with zero attached hydrogens (tertiary/aromatic N) is 2. The van der Waals surface area contributed by atoms with Crippen LogP contribution in [0.3, 0.4) is 0 Å². The Morgan fingerprint density at radius 1 is 1.22 bits per heavy atom. The summed E-state index contributed by atoms with van der Waals surface area (Å²) in [6.07, 6.45) is 1.84. The number of hydrogen-bond acceptors (Lipinski definition) is 4. The van der Waals surface area contributed by atoms with Crippen LogP contribution in [-0.2, 0) is 21.2 Å². The predicted octanol–water partition coefficient (Wildman–Crippen LogP) is 3.22. The fourth-order valence-electron chi connectivity index (χ4n) is 2.90. The summed E-state index contributed by atoms with van der Waals surface area (Å²) in [5, 5.41) is 11.6. The highest BCUT2D eigenvalue weighted by Crippen LogP contribution is 2.28. The molecule has 7 heteroatoms. The van der Waals surface area contributed by atoms with Gasteiger partial charge in [-0.05, 0) is 42.7 Å². The number of rotatable bonds is 7. The van der Waals surface area contributed by atoms with Gasteiger partial charge in [0.25, 0.3) is 0 Å². The van der Waals surface area contributed by atoms with E-state index in [2.05, 4.69) is 5.32 Å². The van der Waals surface area contributed by atoms with Crippen molar-refractivity contribution in [1.82, 2.24) is 0 Å². The number of anilines is 2. The van der Waals surface area contributed by atoms with E-state index in [1.54, 1.807) is 24.3 Å². The molecule has 27 heavy (non-hydrogen) atoms. The van der Waals surface area contributed by atoms with Crippen molar-refractivity contribution < 1.29 is 13.2 Å². The molecule has 0 bridgehead atoms. The van der Waals surface area contributed by atoms with E-state index >= 15 is 0 Å². The number of benzene rings is 2. The van der Waals surface area contributed by atoms with Crippen molar-refractivity contribution in [2.45, 2.75) is 26.7 Å². The van der Waals surface area contributed by atoms with Crippen molar-refractivity contribution in [2.75, 3.05) is 22.4 Å². The zero-order chi connectivity index (χ0) is 20.0. The molecule has 1 N–H and O–H groups in total. The summed E-state index contributed by atoms with van der Waals surface area (Å²) in [4.78, 5) is 12.3. The highest BCUT2D eigenvalue weighted by atomic mass is 32.2. The number of amides is 1. The van der Waals surface area contributed by atoms with E-state index in [1.165, 1.54) is 4.31 Å². The molecule has 0 saturated heterocycles. The van der Waals surface area contributed by atoms with Crippen molar-refractivity contribution in [2.24, 2.45) is 0 Å². The molecule has 0 spiro atoms. The third kappa shape index (κ3) is 5.31. The third-order valence-corrected chi connectivity index (χ3v) is 5.34. The number of nitrogens with one attached hydrogen (secondary N) is 1. The van der Waals surface area contributed by atoms with Gasteiger partial charge >= 0.3 is 0 Å². The van der Waals surface area contributed by atoms with Gasteiger partial charge in [-0.3, -0.25) is 9.10 Å². The molecule has 2 aromatic carbocycles. The average Bonchev–Trinajstić information content (AvgIpc) is 2.62. The quantitative estimate of drug-likeness (QED) is 0.792. The molecule has 0 atom stereocenters. The lowest BCUT2D eigenvalue weighted by Crippen LogP contribution is -2.34. The van der Waals surface area contributed by atoms with E-state index < -0.39 is 10.0 Å². The van der Waals surface area contributed by atoms with Gasteiger partial charge in [0.05, 0.1) is 23.6 Å². The van der Waals surface area contributed by atoms with E-state index in [4.69, 9.17) is 5.26 Å². The first-order chi connectivity index (χ1) is 12.8. The number of carbonyl (C=O) groups is 1. The lowest BCUT2D eigenvalue weighted by molar-refractivity contribution is -0.116. The molecule has 0 fully saturated rings. The van der Waals surface area contributed by atoms with Crippen molar-refractivity contribution >= 4 is 27.3 Å². The Bertz CT molecular complexity index is 978. The zero-order valence-electron chi connectivity index (χ0n) is 15.7. The number of carbonyl (C=O) groups excluding carboxylic acids is 1. The monoisotopic (exact) mass is 385 g/mol. The van der Waals surface area contributed by atoms with Gasteiger partial charge in [-0.2, -0.15) is 5.26 Å². The molecule has 0 aliphatic rings. The van der Waals surface area contributed by atoms with Gasteiger partial charge in [-0.15, -0.1) is 0 Å². The zero-order valence-corrected chi connectivity index (χ0v) is 16.5. The van der Waals surface area contributed by atoms with E-state index in [1.807, 2.05) is 38.1 Å². The SMILES string of the molecule is CCc1cccc(C)c1N(CCC(=O)Nc1cccc(C#N)c1)S(C)(=O)=O. The summed E-state index contributed by atoms with van der Waals surface area (Å²) in [6.45, 7) is 3.87. The summed E-state index contributed by atoms with van der Waals surface area (Å²) in [5.41, 5.74) is 3.36. The summed E-state index contributed by atoms with van der Waals surface area (Å²) in [6, 6.07) is 14.2. The lowest BCUT2D eigenvalue weighted by atomic mass is 10.1. The maximum absolute atomic E-state index is 12.4. The van der Waals surface area contributed by atoms with E-state index in [9.17, 15) is 13.2 Å². The van der Waals surface area contributed by atoms with Crippen LogP contribution >= 0.6 is 0 Å². The van der Waals surface area contributed by atoms with E-state index in [-0.39, 0.29) is 18.9 Å². The van der Waals surface area contributed by atoms with E-state index in [0.717, 1.165) is 17.4 Å². The molecule has 0 unspecified atom stereocenters. The highest BCUT2D eigenvalue weighted by Gasteiger charge is 2.22. The summed E-state index contributed by atoms with van der Waals surface area (Å²) < 4.78 is 26.0. The predicted molar refractivity (Wildman–Crippen MR) is 107 cm³/mol. The van der Waals surface area contributed by atoms with Crippen LogP contribution in [0.15, 0.2) is 42.5 Å². The number of para-hydroxylation sites is 1. The minimum Gasteiger partial charge on any atom is -0.326 e. The molecule has 2 rings (SSSR count). The van der Waals surface area contributed by atoms with Gasteiger partial charge < -0.3 is 5.32 Å². The summed E-state index contributed by atoms with van der Waals surface area (Å²) >= 11 is 0. The van der Waals surface area contributed by atoms with Gasteiger partial charge in [0.2, 0.25) is 15.9 Å². The van der Waals surface area contributed by atoms with Crippen LogP contribution in [0.25, 0.3) is 0 Å².